The second-order valence-corrected chi connectivity index (χ2v) is 6.50. The summed E-state index contributed by atoms with van der Waals surface area (Å²) in [6.07, 6.45) is 0. The Hall–Kier alpha value is -2.77. The first-order chi connectivity index (χ1) is 11.2. The summed E-state index contributed by atoms with van der Waals surface area (Å²) < 4.78 is 0. The van der Waals surface area contributed by atoms with E-state index in [-0.39, 0.29) is 5.75 Å². The molecular weight excluding hydrogens is 304 g/mol. The summed E-state index contributed by atoms with van der Waals surface area (Å²) >= 11 is 1.74. The normalized spacial score (nSPS) is 10.3. The van der Waals surface area contributed by atoms with Crippen molar-refractivity contribution in [1.82, 2.24) is 0 Å². The van der Waals surface area contributed by atoms with Gasteiger partial charge in [-0.3, -0.25) is 0 Å². The fourth-order valence-electron chi connectivity index (χ4n) is 2.38. The van der Waals surface area contributed by atoms with E-state index < -0.39 is 0 Å². The molecule has 0 aliphatic rings. The van der Waals surface area contributed by atoms with E-state index in [1.807, 2.05) is 43.4 Å². The van der Waals surface area contributed by atoms with Gasteiger partial charge in [0.2, 0.25) is 0 Å². The second-order valence-electron chi connectivity index (χ2n) is 5.33. The van der Waals surface area contributed by atoms with Gasteiger partial charge in [-0.1, -0.05) is 18.2 Å². The van der Waals surface area contributed by atoms with Crippen molar-refractivity contribution in [3.8, 4) is 22.3 Å². The number of phenols is 1. The van der Waals surface area contributed by atoms with Crippen LogP contribution in [0, 0.1) is 11.3 Å². The van der Waals surface area contributed by atoms with Gasteiger partial charge in [0.1, 0.15) is 5.75 Å². The van der Waals surface area contributed by atoms with Crippen molar-refractivity contribution in [2.24, 2.45) is 0 Å². The first kappa shape index (κ1) is 15.1. The molecule has 0 radical (unpaired) electrons. The molecule has 0 aliphatic carbocycles. The first-order valence-electron chi connectivity index (χ1n) is 7.25. The van der Waals surface area contributed by atoms with Crippen molar-refractivity contribution < 1.29 is 5.11 Å². The smallest absolute Gasteiger partial charge is 0.117 e. The second kappa shape index (κ2) is 6.55. The summed E-state index contributed by atoms with van der Waals surface area (Å²) in [5.74, 6) is 0.277. The van der Waals surface area contributed by atoms with Crippen LogP contribution in [-0.2, 0) is 6.54 Å². The van der Waals surface area contributed by atoms with E-state index in [0.717, 1.165) is 17.8 Å². The van der Waals surface area contributed by atoms with E-state index in [1.54, 1.807) is 23.5 Å². The zero-order chi connectivity index (χ0) is 16.2. The first-order valence-corrected chi connectivity index (χ1v) is 8.07. The average molecular weight is 320 g/mol. The van der Waals surface area contributed by atoms with Crippen molar-refractivity contribution in [2.45, 2.75) is 6.54 Å². The Labute approximate surface area is 139 Å². The van der Waals surface area contributed by atoms with Crippen molar-refractivity contribution in [3.63, 3.8) is 0 Å². The molecule has 0 amide bonds. The van der Waals surface area contributed by atoms with E-state index in [4.69, 9.17) is 5.26 Å². The van der Waals surface area contributed by atoms with Crippen LogP contribution in [0.4, 0.5) is 5.69 Å². The number of rotatable bonds is 4. The minimum Gasteiger partial charge on any atom is -0.508 e. The number of aromatic hydroxyl groups is 1. The Morgan fingerprint density at radius 2 is 1.87 bits per heavy atom. The number of hydrogen-bond acceptors (Lipinski definition) is 4. The van der Waals surface area contributed by atoms with Crippen LogP contribution in [0.5, 0.6) is 5.75 Å². The van der Waals surface area contributed by atoms with Crippen LogP contribution in [0.1, 0.15) is 10.4 Å². The fourth-order valence-corrected chi connectivity index (χ4v) is 3.45. The number of thiophene rings is 1. The van der Waals surface area contributed by atoms with Gasteiger partial charge in [0.15, 0.2) is 0 Å². The molecule has 23 heavy (non-hydrogen) atoms. The van der Waals surface area contributed by atoms with Gasteiger partial charge in [0.05, 0.1) is 18.2 Å². The number of nitriles is 1. The van der Waals surface area contributed by atoms with Crippen LogP contribution < -0.4 is 4.90 Å². The molecule has 0 bridgehead atoms. The number of anilines is 1. The Morgan fingerprint density at radius 3 is 2.57 bits per heavy atom. The molecule has 114 valence electrons. The summed E-state index contributed by atoms with van der Waals surface area (Å²) in [4.78, 5) is 4.54. The number of nitrogens with zero attached hydrogens (tertiary/aromatic N) is 2. The van der Waals surface area contributed by atoms with Crippen molar-refractivity contribution >= 4 is 17.0 Å². The maximum Gasteiger partial charge on any atom is 0.117 e. The molecule has 0 spiro atoms. The lowest BCUT2D eigenvalue weighted by atomic mass is 10.1. The molecule has 2 aromatic carbocycles. The van der Waals surface area contributed by atoms with Gasteiger partial charge >= 0.3 is 0 Å². The highest BCUT2D eigenvalue weighted by atomic mass is 32.1. The molecule has 3 rings (SSSR count). The predicted octanol–water partition coefficient (Wildman–Crippen LogP) is 4.63. The topological polar surface area (TPSA) is 47.3 Å². The van der Waals surface area contributed by atoms with E-state index in [1.165, 1.54) is 9.75 Å². The standard InChI is InChI=1S/C19H16N2OS/c1-21(16-3-2-4-17(22)11-16)13-18-9-10-19(23-18)15-7-5-14(12-20)6-8-15/h2-11,22H,13H2,1H3. The summed E-state index contributed by atoms with van der Waals surface area (Å²) in [6.45, 7) is 0.782. The molecule has 0 atom stereocenters. The van der Waals surface area contributed by atoms with Crippen LogP contribution in [0.15, 0.2) is 60.7 Å². The number of hydrogen-bond donors (Lipinski definition) is 1. The van der Waals surface area contributed by atoms with Gasteiger partial charge in [-0.15, -0.1) is 11.3 Å². The molecule has 0 saturated heterocycles. The van der Waals surface area contributed by atoms with Crippen LogP contribution in [0.3, 0.4) is 0 Å². The lowest BCUT2D eigenvalue weighted by Crippen LogP contribution is -2.15. The maximum atomic E-state index is 9.58. The Balaban J connectivity index is 1.75. The van der Waals surface area contributed by atoms with Gasteiger partial charge in [0.25, 0.3) is 0 Å². The highest BCUT2D eigenvalue weighted by Crippen LogP contribution is 2.30. The van der Waals surface area contributed by atoms with Gasteiger partial charge in [0, 0.05) is 28.6 Å². The fraction of sp³-hybridized carbons (Fsp3) is 0.105. The highest BCUT2D eigenvalue weighted by molar-refractivity contribution is 7.15. The molecule has 4 heteroatoms. The summed E-state index contributed by atoms with van der Waals surface area (Å²) in [5.41, 5.74) is 2.78. The van der Waals surface area contributed by atoms with E-state index in [9.17, 15) is 5.11 Å². The molecule has 1 aromatic heterocycles. The number of benzene rings is 2. The Bertz CT molecular complexity index is 846. The van der Waals surface area contributed by atoms with E-state index in [0.29, 0.717) is 5.56 Å². The molecule has 0 fully saturated rings. The molecule has 0 saturated carbocycles. The largest absolute Gasteiger partial charge is 0.508 e. The zero-order valence-corrected chi connectivity index (χ0v) is 13.5. The summed E-state index contributed by atoms with van der Waals surface area (Å²) in [5, 5.41) is 18.4. The monoisotopic (exact) mass is 320 g/mol. The molecule has 1 N–H and O–H groups in total. The summed E-state index contributed by atoms with van der Waals surface area (Å²) in [7, 11) is 2.01. The van der Waals surface area contributed by atoms with Crippen molar-refractivity contribution in [1.29, 1.82) is 5.26 Å². The summed E-state index contributed by atoms with van der Waals surface area (Å²) in [6, 6.07) is 21.3. The third-order valence-electron chi connectivity index (χ3n) is 3.62. The number of phenolic OH excluding ortho intramolecular Hbond substituents is 1. The minimum absolute atomic E-state index is 0.277. The molecule has 0 unspecified atom stereocenters. The van der Waals surface area contributed by atoms with Crippen molar-refractivity contribution in [3.05, 3.63) is 71.1 Å². The molecule has 0 aliphatic heterocycles. The van der Waals surface area contributed by atoms with Crippen LogP contribution in [0.25, 0.3) is 10.4 Å². The Morgan fingerprint density at radius 1 is 1.09 bits per heavy atom. The highest BCUT2D eigenvalue weighted by Gasteiger charge is 2.07. The quantitative estimate of drug-likeness (QED) is 0.762. The Kier molecular flexibility index (Phi) is 4.31. The third-order valence-corrected chi connectivity index (χ3v) is 4.74. The van der Waals surface area contributed by atoms with Crippen molar-refractivity contribution in [2.75, 3.05) is 11.9 Å². The predicted molar refractivity (Wildman–Crippen MR) is 94.7 cm³/mol. The van der Waals surface area contributed by atoms with Crippen LogP contribution in [-0.4, -0.2) is 12.2 Å². The maximum absolute atomic E-state index is 9.58. The van der Waals surface area contributed by atoms with E-state index in [2.05, 4.69) is 23.1 Å². The van der Waals surface area contributed by atoms with Crippen LogP contribution in [0.2, 0.25) is 0 Å². The van der Waals surface area contributed by atoms with Crippen LogP contribution >= 0.6 is 11.3 Å². The van der Waals surface area contributed by atoms with E-state index >= 15 is 0 Å². The lowest BCUT2D eigenvalue weighted by molar-refractivity contribution is 0.475. The SMILES string of the molecule is CN(Cc1ccc(-c2ccc(C#N)cc2)s1)c1cccc(O)c1. The minimum atomic E-state index is 0.277. The molecular formula is C19H16N2OS. The van der Waals surface area contributed by atoms with Gasteiger partial charge in [-0.2, -0.15) is 5.26 Å². The third kappa shape index (κ3) is 3.53. The van der Waals surface area contributed by atoms with Gasteiger partial charge < -0.3 is 10.0 Å². The van der Waals surface area contributed by atoms with Gasteiger partial charge in [-0.25, -0.2) is 0 Å². The lowest BCUT2D eigenvalue weighted by Gasteiger charge is -2.18. The average Bonchev–Trinajstić information content (AvgIpc) is 3.03. The molecule has 1 heterocycles. The molecule has 3 nitrogen and oxygen atoms in total. The zero-order valence-electron chi connectivity index (χ0n) is 12.7. The molecule has 3 aromatic rings. The van der Waals surface area contributed by atoms with Gasteiger partial charge in [-0.05, 0) is 42.0 Å².